The minimum absolute atomic E-state index is 0.0787. The smallest absolute Gasteiger partial charge is 0.317 e. The first-order valence-corrected chi connectivity index (χ1v) is 7.01. The molecule has 3 rings (SSSR count). The number of carbonyl (C=O) groups is 2. The van der Waals surface area contributed by atoms with Crippen molar-refractivity contribution in [3.8, 4) is 0 Å². The van der Waals surface area contributed by atoms with Crippen LogP contribution < -0.4 is 10.6 Å². The van der Waals surface area contributed by atoms with E-state index in [1.165, 1.54) is 0 Å². The Morgan fingerprint density at radius 1 is 1.45 bits per heavy atom. The molecular weight excluding hydrogens is 278 g/mol. The van der Waals surface area contributed by atoms with Gasteiger partial charge >= 0.3 is 6.03 Å². The molecule has 0 spiro atoms. The Balaban J connectivity index is 1.62. The van der Waals surface area contributed by atoms with Crippen LogP contribution in [-0.2, 0) is 0 Å². The number of urea groups is 1. The SMILES string of the molecule is O=C(NCCN1CCNC1=O)c1cccc2nsnc12. The van der Waals surface area contributed by atoms with Crippen LogP contribution in [0.1, 0.15) is 10.4 Å². The zero-order valence-corrected chi connectivity index (χ0v) is 11.4. The van der Waals surface area contributed by atoms with Gasteiger partial charge in [-0.1, -0.05) is 6.07 Å². The molecule has 3 amide bonds. The molecule has 0 unspecified atom stereocenters. The predicted molar refractivity (Wildman–Crippen MR) is 74.7 cm³/mol. The maximum Gasteiger partial charge on any atom is 0.317 e. The molecule has 1 fully saturated rings. The number of hydrogen-bond acceptors (Lipinski definition) is 5. The molecule has 0 atom stereocenters. The zero-order valence-electron chi connectivity index (χ0n) is 10.6. The summed E-state index contributed by atoms with van der Waals surface area (Å²) in [6.45, 7) is 2.26. The molecule has 0 aliphatic carbocycles. The number of hydrogen-bond donors (Lipinski definition) is 2. The number of benzene rings is 1. The summed E-state index contributed by atoms with van der Waals surface area (Å²) < 4.78 is 8.24. The van der Waals surface area contributed by atoms with E-state index in [1.807, 2.05) is 6.07 Å². The first-order chi connectivity index (χ1) is 9.75. The van der Waals surface area contributed by atoms with Crippen molar-refractivity contribution in [2.75, 3.05) is 26.2 Å². The van der Waals surface area contributed by atoms with Crippen LogP contribution in [0.4, 0.5) is 4.79 Å². The zero-order chi connectivity index (χ0) is 13.9. The normalized spacial score (nSPS) is 14.6. The Morgan fingerprint density at radius 3 is 3.15 bits per heavy atom. The molecule has 1 aliphatic heterocycles. The van der Waals surface area contributed by atoms with Crippen molar-refractivity contribution in [3.05, 3.63) is 23.8 Å². The molecule has 0 radical (unpaired) electrons. The van der Waals surface area contributed by atoms with Gasteiger partial charge in [0.25, 0.3) is 5.91 Å². The number of nitrogens with zero attached hydrogens (tertiary/aromatic N) is 3. The maximum atomic E-state index is 12.1. The largest absolute Gasteiger partial charge is 0.350 e. The van der Waals surface area contributed by atoms with Crippen LogP contribution in [0, 0.1) is 0 Å². The Labute approximate surface area is 119 Å². The van der Waals surface area contributed by atoms with Crippen LogP contribution in [0.2, 0.25) is 0 Å². The lowest BCUT2D eigenvalue weighted by atomic mass is 10.1. The van der Waals surface area contributed by atoms with Crippen molar-refractivity contribution >= 4 is 34.7 Å². The summed E-state index contributed by atoms with van der Waals surface area (Å²) in [6, 6.07) is 5.25. The van der Waals surface area contributed by atoms with E-state index in [0.717, 1.165) is 17.2 Å². The summed E-state index contributed by atoms with van der Waals surface area (Å²) in [5.41, 5.74) is 1.86. The molecule has 2 N–H and O–H groups in total. The Hall–Kier alpha value is -2.22. The van der Waals surface area contributed by atoms with Gasteiger partial charge in [-0.3, -0.25) is 4.79 Å². The molecular formula is C12H13N5O2S. The van der Waals surface area contributed by atoms with Crippen molar-refractivity contribution in [2.45, 2.75) is 0 Å². The topological polar surface area (TPSA) is 87.2 Å². The van der Waals surface area contributed by atoms with E-state index in [0.29, 0.717) is 37.3 Å². The lowest BCUT2D eigenvalue weighted by Gasteiger charge is -2.14. The highest BCUT2D eigenvalue weighted by Gasteiger charge is 2.19. The van der Waals surface area contributed by atoms with E-state index in [9.17, 15) is 9.59 Å². The van der Waals surface area contributed by atoms with Crippen molar-refractivity contribution in [3.63, 3.8) is 0 Å². The predicted octanol–water partition coefficient (Wildman–Crippen LogP) is 0.446. The summed E-state index contributed by atoms with van der Waals surface area (Å²) in [5, 5.41) is 5.52. The number of fused-ring (bicyclic) bond motifs is 1. The highest BCUT2D eigenvalue weighted by Crippen LogP contribution is 2.16. The molecule has 2 aromatic rings. The van der Waals surface area contributed by atoms with Gasteiger partial charge in [-0.05, 0) is 12.1 Å². The Kier molecular flexibility index (Phi) is 3.46. The van der Waals surface area contributed by atoms with Crippen LogP contribution in [-0.4, -0.2) is 51.8 Å². The average Bonchev–Trinajstić information content (AvgIpc) is 3.07. The average molecular weight is 291 g/mol. The fraction of sp³-hybridized carbons (Fsp3) is 0.333. The second-order valence-electron chi connectivity index (χ2n) is 4.41. The second-order valence-corrected chi connectivity index (χ2v) is 4.94. The highest BCUT2D eigenvalue weighted by atomic mass is 32.1. The van der Waals surface area contributed by atoms with Crippen LogP contribution in [0.15, 0.2) is 18.2 Å². The second kappa shape index (κ2) is 5.41. The van der Waals surface area contributed by atoms with Gasteiger partial charge in [0.05, 0.1) is 17.3 Å². The van der Waals surface area contributed by atoms with Crippen LogP contribution in [0.5, 0.6) is 0 Å². The summed E-state index contributed by atoms with van der Waals surface area (Å²) in [6.07, 6.45) is 0. The summed E-state index contributed by atoms with van der Waals surface area (Å²) in [7, 11) is 0. The lowest BCUT2D eigenvalue weighted by molar-refractivity contribution is 0.0952. The molecule has 20 heavy (non-hydrogen) atoms. The van der Waals surface area contributed by atoms with Gasteiger partial charge in [-0.2, -0.15) is 8.75 Å². The van der Waals surface area contributed by atoms with Gasteiger partial charge < -0.3 is 15.5 Å². The quantitative estimate of drug-likeness (QED) is 0.856. The van der Waals surface area contributed by atoms with Gasteiger partial charge in [-0.25, -0.2) is 4.79 Å². The van der Waals surface area contributed by atoms with Gasteiger partial charge in [0.1, 0.15) is 11.0 Å². The number of amides is 3. The molecule has 0 bridgehead atoms. The minimum Gasteiger partial charge on any atom is -0.350 e. The van der Waals surface area contributed by atoms with Gasteiger partial charge in [0.2, 0.25) is 0 Å². The number of nitrogens with one attached hydrogen (secondary N) is 2. The van der Waals surface area contributed by atoms with E-state index in [2.05, 4.69) is 19.4 Å². The third kappa shape index (κ3) is 2.42. The van der Waals surface area contributed by atoms with Crippen molar-refractivity contribution in [1.29, 1.82) is 0 Å². The molecule has 7 nitrogen and oxygen atoms in total. The number of rotatable bonds is 4. The van der Waals surface area contributed by atoms with Crippen molar-refractivity contribution in [2.24, 2.45) is 0 Å². The summed E-state index contributed by atoms with van der Waals surface area (Å²) in [5.74, 6) is -0.192. The minimum atomic E-state index is -0.192. The van der Waals surface area contributed by atoms with E-state index >= 15 is 0 Å². The van der Waals surface area contributed by atoms with Crippen molar-refractivity contribution < 1.29 is 9.59 Å². The standard InChI is InChI=1S/C12H13N5O2S/c18-11(13-4-6-17-7-5-14-12(17)19)8-2-1-3-9-10(8)16-20-15-9/h1-3H,4-7H2,(H,13,18)(H,14,19). The monoisotopic (exact) mass is 291 g/mol. The maximum absolute atomic E-state index is 12.1. The molecule has 1 aromatic heterocycles. The van der Waals surface area contributed by atoms with Crippen molar-refractivity contribution in [1.82, 2.24) is 24.3 Å². The lowest BCUT2D eigenvalue weighted by Crippen LogP contribution is -2.36. The molecule has 2 heterocycles. The van der Waals surface area contributed by atoms with Crippen LogP contribution >= 0.6 is 11.7 Å². The van der Waals surface area contributed by atoms with E-state index in [1.54, 1.807) is 17.0 Å². The molecule has 1 saturated heterocycles. The fourth-order valence-electron chi connectivity index (χ4n) is 2.11. The van der Waals surface area contributed by atoms with Crippen LogP contribution in [0.25, 0.3) is 11.0 Å². The van der Waals surface area contributed by atoms with E-state index in [4.69, 9.17) is 0 Å². The third-order valence-electron chi connectivity index (χ3n) is 3.14. The molecule has 1 aromatic carbocycles. The van der Waals surface area contributed by atoms with E-state index in [-0.39, 0.29) is 11.9 Å². The molecule has 0 saturated carbocycles. The van der Waals surface area contributed by atoms with E-state index < -0.39 is 0 Å². The Morgan fingerprint density at radius 2 is 2.35 bits per heavy atom. The first kappa shape index (κ1) is 12.8. The molecule has 8 heteroatoms. The molecule has 1 aliphatic rings. The Bertz CT molecular complexity index is 656. The summed E-state index contributed by atoms with van der Waals surface area (Å²) >= 11 is 1.09. The van der Waals surface area contributed by atoms with Gasteiger partial charge in [0.15, 0.2) is 0 Å². The molecule has 104 valence electrons. The van der Waals surface area contributed by atoms with Gasteiger partial charge in [0, 0.05) is 26.2 Å². The number of carbonyl (C=O) groups excluding carboxylic acids is 2. The summed E-state index contributed by atoms with van der Waals surface area (Å²) in [4.78, 5) is 25.1. The van der Waals surface area contributed by atoms with Crippen LogP contribution in [0.3, 0.4) is 0 Å². The first-order valence-electron chi connectivity index (χ1n) is 6.28. The fourth-order valence-corrected chi connectivity index (χ4v) is 2.66. The van der Waals surface area contributed by atoms with Gasteiger partial charge in [-0.15, -0.1) is 0 Å². The third-order valence-corrected chi connectivity index (χ3v) is 3.69. The highest BCUT2D eigenvalue weighted by molar-refractivity contribution is 7.00. The number of aromatic nitrogens is 2.